The summed E-state index contributed by atoms with van der Waals surface area (Å²) in [4.78, 5) is 25.9. The van der Waals surface area contributed by atoms with E-state index in [2.05, 4.69) is 39.8 Å². The summed E-state index contributed by atoms with van der Waals surface area (Å²) in [5, 5.41) is 0. The number of hydrogen-bond acceptors (Lipinski definition) is 6. The minimum atomic E-state index is -0.522. The van der Waals surface area contributed by atoms with Gasteiger partial charge in [-0.2, -0.15) is 0 Å². The van der Waals surface area contributed by atoms with Crippen LogP contribution in [0.15, 0.2) is 48.5 Å². The van der Waals surface area contributed by atoms with E-state index in [-0.39, 0.29) is 37.7 Å². The highest BCUT2D eigenvalue weighted by Crippen LogP contribution is 2.36. The van der Waals surface area contributed by atoms with Gasteiger partial charge in [0, 0.05) is 0 Å². The number of ether oxygens (including phenoxy) is 2. The lowest BCUT2D eigenvalue weighted by Gasteiger charge is -2.29. The Morgan fingerprint density at radius 3 is 1.82 bits per heavy atom. The van der Waals surface area contributed by atoms with E-state index in [1.807, 2.05) is 31.2 Å². The van der Waals surface area contributed by atoms with Crippen LogP contribution in [0, 0.1) is 5.41 Å². The molecule has 2 aromatic carbocycles. The van der Waals surface area contributed by atoms with Crippen molar-refractivity contribution in [2.45, 2.75) is 175 Å². The van der Waals surface area contributed by atoms with Crippen molar-refractivity contribution in [3.63, 3.8) is 0 Å². The number of esters is 2. The molecule has 7 heteroatoms. The molecule has 0 amide bonds. The second-order valence-electron chi connectivity index (χ2n) is 15.2. The molecule has 1 saturated heterocycles. The van der Waals surface area contributed by atoms with Gasteiger partial charge in [-0.15, -0.1) is 0 Å². The molecule has 6 nitrogen and oxygen atoms in total. The summed E-state index contributed by atoms with van der Waals surface area (Å²) in [6.45, 7) is 11.9. The van der Waals surface area contributed by atoms with E-state index < -0.39 is 5.41 Å². The Labute approximate surface area is 311 Å². The predicted octanol–water partition coefficient (Wildman–Crippen LogP) is 11.3. The van der Waals surface area contributed by atoms with Gasteiger partial charge in [-0.25, -0.2) is 4.79 Å². The SMILES string of the molecule is CCCCCCCCCCCCCCCCCCOC(=O)C(C)(CC)CC(C)c1ccc(COC(=O)c2ccc(B3OCC(CC)O3)cc2)cc1. The minimum Gasteiger partial charge on any atom is -0.465 e. The van der Waals surface area contributed by atoms with Gasteiger partial charge in [-0.3, -0.25) is 4.79 Å². The second kappa shape index (κ2) is 24.6. The molecule has 284 valence electrons. The van der Waals surface area contributed by atoms with Crippen LogP contribution in [-0.2, 0) is 30.2 Å². The van der Waals surface area contributed by atoms with Gasteiger partial charge in [0.2, 0.25) is 0 Å². The molecule has 3 atom stereocenters. The van der Waals surface area contributed by atoms with Crippen molar-refractivity contribution in [3.8, 4) is 0 Å². The first-order chi connectivity index (χ1) is 24.8. The van der Waals surface area contributed by atoms with E-state index in [9.17, 15) is 9.59 Å². The quantitative estimate of drug-likeness (QED) is 0.0524. The van der Waals surface area contributed by atoms with Crippen LogP contribution in [0.4, 0.5) is 0 Å². The Hall–Kier alpha value is -2.64. The van der Waals surface area contributed by atoms with Gasteiger partial charge in [0.05, 0.1) is 30.3 Å². The molecule has 51 heavy (non-hydrogen) atoms. The Morgan fingerprint density at radius 1 is 0.765 bits per heavy atom. The lowest BCUT2D eigenvalue weighted by atomic mass is 9.77. The molecule has 0 saturated carbocycles. The van der Waals surface area contributed by atoms with Gasteiger partial charge >= 0.3 is 19.1 Å². The van der Waals surface area contributed by atoms with Crippen LogP contribution in [0.3, 0.4) is 0 Å². The summed E-state index contributed by atoms with van der Waals surface area (Å²) in [5.41, 5.74) is 2.95. The second-order valence-corrected chi connectivity index (χ2v) is 15.2. The average molecular weight is 705 g/mol. The molecule has 0 aromatic heterocycles. The van der Waals surface area contributed by atoms with Crippen LogP contribution >= 0.6 is 0 Å². The third kappa shape index (κ3) is 15.9. The third-order valence-electron chi connectivity index (χ3n) is 10.8. The minimum absolute atomic E-state index is 0.0807. The van der Waals surface area contributed by atoms with Gasteiger partial charge in [-0.1, -0.05) is 160 Å². The topological polar surface area (TPSA) is 71.1 Å². The third-order valence-corrected chi connectivity index (χ3v) is 10.8. The van der Waals surface area contributed by atoms with Gasteiger partial charge in [0.1, 0.15) is 6.61 Å². The standard InChI is InChI=1S/C44H69BO6/c1-6-9-10-11-12-13-14-15-16-17-18-19-20-21-22-23-32-48-43(47)44(5,8-3)33-36(4)38-26-24-37(25-27-38)34-49-42(46)39-28-30-40(31-29-39)45-50-35-41(7-2)51-45/h24-31,36,41H,6-23,32-35H2,1-5H3. The summed E-state index contributed by atoms with van der Waals surface area (Å²) in [7, 11) is -0.379. The van der Waals surface area contributed by atoms with E-state index in [0.29, 0.717) is 18.8 Å². The smallest absolute Gasteiger partial charge is 0.465 e. The van der Waals surface area contributed by atoms with Gasteiger partial charge < -0.3 is 18.8 Å². The van der Waals surface area contributed by atoms with E-state index in [4.69, 9.17) is 18.8 Å². The van der Waals surface area contributed by atoms with E-state index in [1.54, 1.807) is 12.1 Å². The van der Waals surface area contributed by atoms with Crippen LogP contribution in [0.25, 0.3) is 0 Å². The highest BCUT2D eigenvalue weighted by atomic mass is 16.6. The molecule has 0 radical (unpaired) electrons. The number of hydrogen-bond donors (Lipinski definition) is 0. The molecule has 0 aliphatic carbocycles. The first-order valence-electron chi connectivity index (χ1n) is 20.6. The number of carbonyl (C=O) groups excluding carboxylic acids is 2. The highest BCUT2D eigenvalue weighted by Gasteiger charge is 2.35. The lowest BCUT2D eigenvalue weighted by molar-refractivity contribution is -0.156. The van der Waals surface area contributed by atoms with Gasteiger partial charge in [0.25, 0.3) is 0 Å². The Morgan fingerprint density at radius 2 is 1.31 bits per heavy atom. The number of unbranched alkanes of at least 4 members (excludes halogenated alkanes) is 15. The Bertz CT molecular complexity index is 1230. The van der Waals surface area contributed by atoms with E-state index in [0.717, 1.165) is 48.7 Å². The molecule has 1 aliphatic rings. The molecule has 3 rings (SSSR count). The molecular weight excluding hydrogens is 635 g/mol. The molecular formula is C44H69BO6. The van der Waals surface area contributed by atoms with Crippen LogP contribution in [0.5, 0.6) is 0 Å². The molecule has 0 N–H and O–H groups in total. The zero-order valence-electron chi connectivity index (χ0n) is 32.9. The summed E-state index contributed by atoms with van der Waals surface area (Å²) >= 11 is 0. The van der Waals surface area contributed by atoms with Crippen molar-refractivity contribution >= 4 is 24.5 Å². The van der Waals surface area contributed by atoms with Crippen molar-refractivity contribution in [1.82, 2.24) is 0 Å². The van der Waals surface area contributed by atoms with Crippen molar-refractivity contribution < 1.29 is 28.4 Å². The Kier molecular flexibility index (Phi) is 20.6. The highest BCUT2D eigenvalue weighted by molar-refractivity contribution is 6.61. The maximum Gasteiger partial charge on any atom is 0.494 e. The van der Waals surface area contributed by atoms with Crippen LogP contribution in [-0.4, -0.2) is 38.4 Å². The number of rotatable bonds is 27. The predicted molar refractivity (Wildman–Crippen MR) is 210 cm³/mol. The van der Waals surface area contributed by atoms with E-state index >= 15 is 0 Å². The summed E-state index contributed by atoms with van der Waals surface area (Å²) in [5.74, 6) is -0.257. The molecule has 0 bridgehead atoms. The van der Waals surface area contributed by atoms with Gasteiger partial charge in [-0.05, 0) is 67.2 Å². The molecule has 2 aromatic rings. The van der Waals surface area contributed by atoms with Crippen LogP contribution in [0.1, 0.15) is 184 Å². The van der Waals surface area contributed by atoms with E-state index in [1.165, 1.54) is 89.9 Å². The normalized spacial score (nSPS) is 16.2. The first kappa shape index (κ1) is 42.8. The zero-order valence-corrected chi connectivity index (χ0v) is 32.9. The lowest BCUT2D eigenvalue weighted by Crippen LogP contribution is -2.32. The zero-order chi connectivity index (χ0) is 36.7. The fourth-order valence-electron chi connectivity index (χ4n) is 6.94. The Balaban J connectivity index is 1.26. The largest absolute Gasteiger partial charge is 0.494 e. The molecule has 1 fully saturated rings. The molecule has 1 aliphatic heterocycles. The summed E-state index contributed by atoms with van der Waals surface area (Å²) in [6, 6.07) is 15.4. The summed E-state index contributed by atoms with van der Waals surface area (Å²) < 4.78 is 23.0. The molecule has 0 spiro atoms. The molecule has 3 unspecified atom stereocenters. The number of benzene rings is 2. The van der Waals surface area contributed by atoms with Crippen LogP contribution < -0.4 is 5.46 Å². The fraction of sp³-hybridized carbons (Fsp3) is 0.682. The monoisotopic (exact) mass is 705 g/mol. The van der Waals surface area contributed by atoms with Crippen molar-refractivity contribution in [2.75, 3.05) is 13.2 Å². The first-order valence-corrected chi connectivity index (χ1v) is 20.6. The molecule has 1 heterocycles. The average Bonchev–Trinajstić information content (AvgIpc) is 3.65. The van der Waals surface area contributed by atoms with Crippen molar-refractivity contribution in [2.24, 2.45) is 5.41 Å². The fourth-order valence-corrected chi connectivity index (χ4v) is 6.94. The van der Waals surface area contributed by atoms with Gasteiger partial charge in [0.15, 0.2) is 0 Å². The number of carbonyl (C=O) groups is 2. The van der Waals surface area contributed by atoms with Crippen molar-refractivity contribution in [1.29, 1.82) is 0 Å². The van der Waals surface area contributed by atoms with Crippen molar-refractivity contribution in [3.05, 3.63) is 65.2 Å². The maximum atomic E-state index is 13.2. The van der Waals surface area contributed by atoms with Crippen LogP contribution in [0.2, 0.25) is 0 Å². The maximum absolute atomic E-state index is 13.2. The summed E-state index contributed by atoms with van der Waals surface area (Å²) in [6.07, 6.45) is 23.8.